The fourth-order valence-corrected chi connectivity index (χ4v) is 7.40. The van der Waals surface area contributed by atoms with Gasteiger partial charge in [-0.05, 0) is 64.2 Å². The first-order valence-electron chi connectivity index (χ1n) is 26.1. The van der Waals surface area contributed by atoms with E-state index in [0.29, 0.717) is 19.3 Å². The number of esters is 1. The van der Waals surface area contributed by atoms with Gasteiger partial charge in [-0.15, -0.1) is 0 Å². The smallest absolute Gasteiger partial charge is 0.306 e. The molecule has 0 aliphatic rings. The van der Waals surface area contributed by atoms with E-state index in [9.17, 15) is 19.8 Å². The zero-order valence-corrected chi connectivity index (χ0v) is 40.9. The van der Waals surface area contributed by atoms with Gasteiger partial charge in [0.15, 0.2) is 0 Å². The highest BCUT2D eigenvalue weighted by molar-refractivity contribution is 5.77. The Balaban J connectivity index is 4.76. The molecule has 0 saturated heterocycles. The number of aliphatic hydroxyl groups excluding tert-OH is 2. The monoisotopic (exact) mass is 876 g/mol. The van der Waals surface area contributed by atoms with Crippen LogP contribution in [-0.4, -0.2) is 46.9 Å². The minimum absolute atomic E-state index is 0.0211. The van der Waals surface area contributed by atoms with E-state index in [1.54, 1.807) is 0 Å². The van der Waals surface area contributed by atoms with Gasteiger partial charge >= 0.3 is 5.97 Å². The maximum Gasteiger partial charge on any atom is 0.306 e. The maximum absolute atomic E-state index is 13.2. The number of hydrogen-bond acceptors (Lipinski definition) is 5. The zero-order chi connectivity index (χ0) is 45.9. The van der Waals surface area contributed by atoms with Crippen molar-refractivity contribution in [3.8, 4) is 0 Å². The summed E-state index contributed by atoms with van der Waals surface area (Å²) in [4.78, 5) is 26.1. The molecule has 0 aliphatic heterocycles. The molecule has 3 atom stereocenters. The van der Waals surface area contributed by atoms with Crippen molar-refractivity contribution in [2.75, 3.05) is 6.61 Å². The summed E-state index contributed by atoms with van der Waals surface area (Å²) in [7, 11) is 0. The third kappa shape index (κ3) is 45.2. The Morgan fingerprint density at radius 2 is 0.873 bits per heavy atom. The summed E-state index contributed by atoms with van der Waals surface area (Å²) in [5, 5.41) is 23.7. The molecule has 360 valence electrons. The summed E-state index contributed by atoms with van der Waals surface area (Å²) in [6.45, 7) is 6.30. The van der Waals surface area contributed by atoms with Crippen molar-refractivity contribution in [1.29, 1.82) is 0 Å². The molecular formula is C57H97NO5. The fourth-order valence-electron chi connectivity index (χ4n) is 7.40. The highest BCUT2D eigenvalue weighted by Crippen LogP contribution is 2.16. The second-order valence-corrected chi connectivity index (χ2v) is 17.4. The quantitative estimate of drug-likeness (QED) is 0.0322. The van der Waals surface area contributed by atoms with E-state index >= 15 is 0 Å². The van der Waals surface area contributed by atoms with Crippen LogP contribution in [0.5, 0.6) is 0 Å². The molecule has 0 rings (SSSR count). The molecule has 3 N–H and O–H groups in total. The number of ether oxygens (including phenoxy) is 1. The number of nitrogens with one attached hydrogen (secondary N) is 1. The van der Waals surface area contributed by atoms with Gasteiger partial charge in [-0.3, -0.25) is 9.59 Å². The molecule has 0 bridgehead atoms. The van der Waals surface area contributed by atoms with Crippen molar-refractivity contribution in [1.82, 2.24) is 5.32 Å². The van der Waals surface area contributed by atoms with Crippen LogP contribution in [0.1, 0.15) is 226 Å². The van der Waals surface area contributed by atoms with Crippen molar-refractivity contribution in [2.45, 2.75) is 244 Å². The first-order chi connectivity index (χ1) is 31.0. The van der Waals surface area contributed by atoms with Crippen LogP contribution in [0.25, 0.3) is 0 Å². The van der Waals surface area contributed by atoms with E-state index in [0.717, 1.165) is 70.6 Å². The molecule has 0 fully saturated rings. The van der Waals surface area contributed by atoms with E-state index in [1.807, 2.05) is 54.7 Å². The Kier molecular flexibility index (Phi) is 47.2. The van der Waals surface area contributed by atoms with Crippen molar-refractivity contribution < 1.29 is 24.5 Å². The molecule has 3 unspecified atom stereocenters. The molecule has 6 nitrogen and oxygen atoms in total. The number of hydrogen-bond donors (Lipinski definition) is 3. The van der Waals surface area contributed by atoms with Crippen LogP contribution in [-0.2, 0) is 14.3 Å². The molecule has 0 spiro atoms. The number of rotatable bonds is 45. The molecule has 0 heterocycles. The third-order valence-corrected chi connectivity index (χ3v) is 11.3. The van der Waals surface area contributed by atoms with Gasteiger partial charge in [0.1, 0.15) is 6.10 Å². The first kappa shape index (κ1) is 59.8. The zero-order valence-electron chi connectivity index (χ0n) is 40.9. The maximum atomic E-state index is 13.2. The van der Waals surface area contributed by atoms with Crippen LogP contribution in [0.15, 0.2) is 97.2 Å². The number of aliphatic hydroxyl groups is 2. The minimum atomic E-state index is -0.812. The lowest BCUT2D eigenvalue weighted by Crippen LogP contribution is -2.46. The van der Waals surface area contributed by atoms with Gasteiger partial charge in [-0.2, -0.15) is 0 Å². The van der Waals surface area contributed by atoms with Crippen molar-refractivity contribution >= 4 is 11.9 Å². The van der Waals surface area contributed by atoms with E-state index in [4.69, 9.17) is 4.74 Å². The predicted octanol–water partition coefficient (Wildman–Crippen LogP) is 15.7. The van der Waals surface area contributed by atoms with Gasteiger partial charge in [0, 0.05) is 6.42 Å². The average molecular weight is 876 g/mol. The fraction of sp³-hybridized carbons (Fsp3) is 0.684. The summed E-state index contributed by atoms with van der Waals surface area (Å²) in [5.41, 5.74) is 0. The number of unbranched alkanes of at least 4 members (excludes halogenated alkanes) is 23. The lowest BCUT2D eigenvalue weighted by atomic mass is 10.0. The summed E-state index contributed by atoms with van der Waals surface area (Å²) in [5.74, 6) is -0.578. The Morgan fingerprint density at radius 1 is 0.476 bits per heavy atom. The lowest BCUT2D eigenvalue weighted by Gasteiger charge is -2.24. The topological polar surface area (TPSA) is 95.9 Å². The molecule has 63 heavy (non-hydrogen) atoms. The van der Waals surface area contributed by atoms with E-state index < -0.39 is 18.2 Å². The van der Waals surface area contributed by atoms with Gasteiger partial charge in [0.2, 0.25) is 5.91 Å². The summed E-state index contributed by atoms with van der Waals surface area (Å²) in [6, 6.07) is -0.731. The Morgan fingerprint density at radius 3 is 1.35 bits per heavy atom. The molecule has 0 aromatic rings. The number of carbonyl (C=O) groups is 2. The van der Waals surface area contributed by atoms with Crippen molar-refractivity contribution in [3.05, 3.63) is 97.2 Å². The van der Waals surface area contributed by atoms with Crippen molar-refractivity contribution in [3.63, 3.8) is 0 Å². The van der Waals surface area contributed by atoms with E-state index in [-0.39, 0.29) is 24.9 Å². The Labute approximate surface area is 388 Å². The van der Waals surface area contributed by atoms with E-state index in [2.05, 4.69) is 68.6 Å². The summed E-state index contributed by atoms with van der Waals surface area (Å²) < 4.78 is 5.89. The molecule has 0 aliphatic carbocycles. The van der Waals surface area contributed by atoms with Crippen LogP contribution in [0.2, 0.25) is 0 Å². The molecule has 0 aromatic carbocycles. The Bertz CT molecular complexity index is 1260. The normalized spacial score (nSPS) is 14.0. The SMILES string of the molecule is CC\C=C/C=C/C=C/C=C\C=C\C=C\CCCCCC(=O)OC(CCC/C=C/C=C/CCCCCCCCC)CC(=O)NC(CO)C(O)CCCCCCCCCCCCCCC. The Hall–Kier alpha value is -3.22. The number of carbonyl (C=O) groups excluding carboxylic acids is 2. The van der Waals surface area contributed by atoms with Crippen LogP contribution < -0.4 is 5.32 Å². The van der Waals surface area contributed by atoms with Gasteiger partial charge in [0.25, 0.3) is 0 Å². The molecule has 0 aromatic heterocycles. The van der Waals surface area contributed by atoms with Crippen LogP contribution in [0.4, 0.5) is 0 Å². The predicted molar refractivity (Wildman–Crippen MR) is 273 cm³/mol. The van der Waals surface area contributed by atoms with Crippen LogP contribution >= 0.6 is 0 Å². The highest BCUT2D eigenvalue weighted by Gasteiger charge is 2.24. The van der Waals surface area contributed by atoms with Crippen LogP contribution in [0.3, 0.4) is 0 Å². The third-order valence-electron chi connectivity index (χ3n) is 11.3. The summed E-state index contributed by atoms with van der Waals surface area (Å²) >= 11 is 0. The molecule has 0 radical (unpaired) electrons. The first-order valence-corrected chi connectivity index (χ1v) is 26.1. The van der Waals surface area contributed by atoms with E-state index in [1.165, 1.54) is 109 Å². The highest BCUT2D eigenvalue weighted by atomic mass is 16.5. The van der Waals surface area contributed by atoms with Gasteiger partial charge in [0.05, 0.1) is 25.2 Å². The molecule has 1 amide bonds. The lowest BCUT2D eigenvalue weighted by molar-refractivity contribution is -0.151. The number of amides is 1. The van der Waals surface area contributed by atoms with Gasteiger partial charge in [-0.25, -0.2) is 0 Å². The average Bonchev–Trinajstić information content (AvgIpc) is 3.28. The molecule has 0 saturated carbocycles. The molecular weight excluding hydrogens is 779 g/mol. The summed E-state index contributed by atoms with van der Waals surface area (Å²) in [6.07, 6.45) is 66.1. The second-order valence-electron chi connectivity index (χ2n) is 17.4. The minimum Gasteiger partial charge on any atom is -0.462 e. The van der Waals surface area contributed by atoms with Crippen molar-refractivity contribution in [2.24, 2.45) is 0 Å². The van der Waals surface area contributed by atoms with Gasteiger partial charge in [-0.1, -0.05) is 246 Å². The van der Waals surface area contributed by atoms with Gasteiger partial charge < -0.3 is 20.3 Å². The largest absolute Gasteiger partial charge is 0.462 e. The standard InChI is InChI=1S/C57H97NO5/c1-4-7-10-13-16-19-22-25-27-28-29-32-35-38-41-44-47-50-57(62)63-53(48-45-42-39-36-33-31-26-23-20-17-14-11-8-5-2)51-56(61)58-54(52-59)55(60)49-46-43-40-37-34-30-24-21-18-15-12-9-6-3/h7,10,13,16,19,22,25,27-29,31-33,35-36,39,53-55,59-60H,4-6,8-9,11-12,14-15,17-18,20-21,23-24,26,30,34,37-38,40-52H2,1-3H3,(H,58,61)/b10-7-,16-13+,22-19+,27-25-,29-28+,33-31+,35-32+,39-36+. The number of allylic oxidation sites excluding steroid dienone is 16. The van der Waals surface area contributed by atoms with Crippen LogP contribution in [0, 0.1) is 0 Å². The second kappa shape index (κ2) is 49.8. The molecule has 6 heteroatoms.